The Balaban J connectivity index is 1.41. The van der Waals surface area contributed by atoms with Crippen LogP contribution in [0.1, 0.15) is 78.9 Å². The molecule has 1 fully saturated rings. The predicted molar refractivity (Wildman–Crippen MR) is 142 cm³/mol. The number of aliphatic carboxylic acids is 1. The lowest BCUT2D eigenvalue weighted by molar-refractivity contribution is -0.139. The smallest absolute Gasteiger partial charge is 0.341 e. The van der Waals surface area contributed by atoms with Crippen LogP contribution in [0.2, 0.25) is 0 Å². The summed E-state index contributed by atoms with van der Waals surface area (Å²) in [4.78, 5) is 23.8. The van der Waals surface area contributed by atoms with Gasteiger partial charge in [-0.05, 0) is 98.9 Å². The minimum atomic E-state index is -0.987. The van der Waals surface area contributed by atoms with Crippen LogP contribution in [-0.4, -0.2) is 41.0 Å². The van der Waals surface area contributed by atoms with Crippen molar-refractivity contribution in [3.05, 3.63) is 64.7 Å². The molecule has 4 unspecified atom stereocenters. The molecule has 6 heteroatoms. The molecule has 0 spiro atoms. The molecule has 0 radical (unpaired) electrons. The largest absolute Gasteiger partial charge is 0.482 e. The van der Waals surface area contributed by atoms with Crippen molar-refractivity contribution in [1.29, 1.82) is 0 Å². The fourth-order valence-electron chi connectivity index (χ4n) is 6.25. The first-order valence-electron chi connectivity index (χ1n) is 13.8. The molecule has 5 atom stereocenters. The van der Waals surface area contributed by atoms with E-state index in [-0.39, 0.29) is 30.7 Å². The van der Waals surface area contributed by atoms with Crippen LogP contribution in [0.15, 0.2) is 42.5 Å². The van der Waals surface area contributed by atoms with Crippen molar-refractivity contribution in [3.8, 4) is 5.75 Å². The second-order valence-corrected chi connectivity index (χ2v) is 10.8. The first kappa shape index (κ1) is 27.2. The van der Waals surface area contributed by atoms with E-state index in [0.29, 0.717) is 23.1 Å². The van der Waals surface area contributed by atoms with E-state index in [1.165, 1.54) is 5.56 Å². The topological polar surface area (TPSA) is 93.1 Å². The van der Waals surface area contributed by atoms with E-state index in [0.717, 1.165) is 68.9 Å². The van der Waals surface area contributed by atoms with Crippen LogP contribution >= 0.6 is 0 Å². The van der Waals surface area contributed by atoms with E-state index in [1.807, 2.05) is 43.3 Å². The van der Waals surface area contributed by atoms with Crippen molar-refractivity contribution in [2.24, 2.45) is 17.8 Å². The summed E-state index contributed by atoms with van der Waals surface area (Å²) < 4.78 is 11.6. The lowest BCUT2D eigenvalue weighted by atomic mass is 9.73. The highest BCUT2D eigenvalue weighted by Gasteiger charge is 2.45. The number of hydrogen-bond acceptors (Lipinski definition) is 5. The molecule has 2 N–H and O–H groups in total. The van der Waals surface area contributed by atoms with Gasteiger partial charge in [0, 0.05) is 0 Å². The maximum atomic E-state index is 12.8. The number of aliphatic hydroxyl groups excluding tert-OH is 1. The molecule has 200 valence electrons. The monoisotopic (exact) mass is 508 g/mol. The minimum Gasteiger partial charge on any atom is -0.482 e. The van der Waals surface area contributed by atoms with E-state index < -0.39 is 5.97 Å². The molecule has 0 bridgehead atoms. The first-order valence-corrected chi connectivity index (χ1v) is 13.8. The number of benzene rings is 2. The number of esters is 1. The first-order chi connectivity index (χ1) is 17.9. The van der Waals surface area contributed by atoms with Crippen molar-refractivity contribution < 1.29 is 29.3 Å². The zero-order valence-corrected chi connectivity index (χ0v) is 22.0. The fraction of sp³-hybridized carbons (Fsp3) is 0.548. The maximum Gasteiger partial charge on any atom is 0.341 e. The number of ether oxygens (including phenoxy) is 2. The van der Waals surface area contributed by atoms with Gasteiger partial charge < -0.3 is 19.7 Å². The van der Waals surface area contributed by atoms with Crippen molar-refractivity contribution in [3.63, 3.8) is 0 Å². The second kappa shape index (κ2) is 12.6. The summed E-state index contributed by atoms with van der Waals surface area (Å²) in [5.74, 6) is 0.256. The van der Waals surface area contributed by atoms with E-state index in [4.69, 9.17) is 14.6 Å². The average Bonchev–Trinajstić information content (AvgIpc) is 3.18. The summed E-state index contributed by atoms with van der Waals surface area (Å²) in [5, 5.41) is 20.1. The van der Waals surface area contributed by atoms with Crippen molar-refractivity contribution >= 4 is 11.9 Å². The molecule has 0 aliphatic heterocycles. The van der Waals surface area contributed by atoms with Crippen LogP contribution in [0.4, 0.5) is 0 Å². The highest BCUT2D eigenvalue weighted by Crippen LogP contribution is 2.48. The standard InChI is InChI=1S/C31H40O6/c1-3-4-5-8-24(37-31(35)21-12-10-20(2)11-13-21)14-15-25-26-16-22-7-6-9-29(36-19-30(33)34)27(22)17-23(26)18-28(25)32/h6-7,9-13,23-26,28,32H,3-5,8,14-19H2,1-2H3,(H,33,34)/t23?,24?,25?,26?,28-/m1/s1. The second-order valence-electron chi connectivity index (χ2n) is 10.8. The minimum absolute atomic E-state index is 0.154. The Bertz CT molecular complexity index is 1060. The molecular weight excluding hydrogens is 468 g/mol. The summed E-state index contributed by atoms with van der Waals surface area (Å²) in [6.45, 7) is 3.81. The van der Waals surface area contributed by atoms with Gasteiger partial charge in [0.1, 0.15) is 11.9 Å². The highest BCUT2D eigenvalue weighted by atomic mass is 16.5. The lowest BCUT2D eigenvalue weighted by Gasteiger charge is -2.32. The molecule has 1 saturated carbocycles. The van der Waals surface area contributed by atoms with E-state index in [9.17, 15) is 14.7 Å². The SMILES string of the molecule is CCCCCC(CCC1C2Cc3cccc(OCC(=O)O)c3CC2C[C@H]1O)OC(=O)c1ccc(C)cc1. The fourth-order valence-corrected chi connectivity index (χ4v) is 6.25. The van der Waals surface area contributed by atoms with Gasteiger partial charge >= 0.3 is 11.9 Å². The Labute approximate surface area is 220 Å². The molecule has 4 rings (SSSR count). The number of carboxylic acids is 1. The van der Waals surface area contributed by atoms with Crippen LogP contribution < -0.4 is 4.74 Å². The third-order valence-electron chi connectivity index (χ3n) is 8.21. The van der Waals surface area contributed by atoms with Gasteiger partial charge in [-0.25, -0.2) is 9.59 Å². The zero-order valence-electron chi connectivity index (χ0n) is 22.0. The molecule has 2 aromatic rings. The third-order valence-corrected chi connectivity index (χ3v) is 8.21. The number of aryl methyl sites for hydroxylation is 1. The van der Waals surface area contributed by atoms with Crippen LogP contribution in [-0.2, 0) is 22.4 Å². The van der Waals surface area contributed by atoms with Gasteiger partial charge in [0.05, 0.1) is 11.7 Å². The number of rotatable bonds is 12. The van der Waals surface area contributed by atoms with Crippen molar-refractivity contribution in [1.82, 2.24) is 0 Å². The highest BCUT2D eigenvalue weighted by molar-refractivity contribution is 5.89. The molecule has 0 saturated heterocycles. The molecule has 0 amide bonds. The lowest BCUT2D eigenvalue weighted by Crippen LogP contribution is -2.29. The van der Waals surface area contributed by atoms with Gasteiger partial charge in [0.25, 0.3) is 0 Å². The Morgan fingerprint density at radius 1 is 1.05 bits per heavy atom. The van der Waals surface area contributed by atoms with Crippen LogP contribution in [0.5, 0.6) is 5.75 Å². The van der Waals surface area contributed by atoms with Gasteiger partial charge in [0.2, 0.25) is 0 Å². The van der Waals surface area contributed by atoms with Crippen molar-refractivity contribution in [2.75, 3.05) is 6.61 Å². The molecule has 2 aromatic carbocycles. The molecule has 37 heavy (non-hydrogen) atoms. The Kier molecular flexibility index (Phi) is 9.25. The van der Waals surface area contributed by atoms with Gasteiger partial charge in [-0.3, -0.25) is 0 Å². The summed E-state index contributed by atoms with van der Waals surface area (Å²) in [7, 11) is 0. The normalized spacial score (nSPS) is 23.1. The van der Waals surface area contributed by atoms with E-state index in [1.54, 1.807) is 0 Å². The summed E-state index contributed by atoms with van der Waals surface area (Å²) in [6.07, 6.45) is 7.53. The third kappa shape index (κ3) is 6.92. The van der Waals surface area contributed by atoms with Gasteiger partial charge in [0.15, 0.2) is 6.61 Å². The molecule has 2 aliphatic rings. The number of unbranched alkanes of at least 4 members (excludes halogenated alkanes) is 2. The van der Waals surface area contributed by atoms with E-state index >= 15 is 0 Å². The molecular formula is C31H40O6. The van der Waals surface area contributed by atoms with Crippen LogP contribution in [0.3, 0.4) is 0 Å². The number of carboxylic acid groups (broad SMARTS) is 1. The van der Waals surface area contributed by atoms with E-state index in [2.05, 4.69) is 13.0 Å². The number of fused-ring (bicyclic) bond motifs is 2. The summed E-state index contributed by atoms with van der Waals surface area (Å²) in [6, 6.07) is 13.4. The molecule has 0 aromatic heterocycles. The molecule has 0 heterocycles. The summed E-state index contributed by atoms with van der Waals surface area (Å²) >= 11 is 0. The number of carbonyl (C=O) groups excluding carboxylic acids is 1. The average molecular weight is 509 g/mol. The number of hydrogen-bond donors (Lipinski definition) is 2. The maximum absolute atomic E-state index is 12.8. The Morgan fingerprint density at radius 2 is 1.84 bits per heavy atom. The number of carbonyl (C=O) groups is 2. The van der Waals surface area contributed by atoms with Gasteiger partial charge in [-0.2, -0.15) is 0 Å². The Hall–Kier alpha value is -2.86. The van der Waals surface area contributed by atoms with Gasteiger partial charge in [-0.1, -0.05) is 49.6 Å². The molecule has 6 nitrogen and oxygen atoms in total. The quantitative estimate of drug-likeness (QED) is 0.280. The Morgan fingerprint density at radius 3 is 2.57 bits per heavy atom. The summed E-state index contributed by atoms with van der Waals surface area (Å²) in [5.41, 5.74) is 3.96. The zero-order chi connectivity index (χ0) is 26.4. The van der Waals surface area contributed by atoms with Gasteiger partial charge in [-0.15, -0.1) is 0 Å². The molecule has 2 aliphatic carbocycles. The van der Waals surface area contributed by atoms with Crippen molar-refractivity contribution in [2.45, 2.75) is 83.8 Å². The van der Waals surface area contributed by atoms with Crippen LogP contribution in [0, 0.1) is 24.7 Å². The number of aliphatic hydroxyl groups is 1. The predicted octanol–water partition coefficient (Wildman–Crippen LogP) is 5.76. The van der Waals surface area contributed by atoms with Crippen LogP contribution in [0.25, 0.3) is 0 Å².